The standard InChI is InChI=1S/C8H10N4O2/c13-8(14)12-10-6-9-11(12)7-4-2-1-3-5-7/h1-6,8,13-14H,(H,9,10)/p+1. The summed E-state index contributed by atoms with van der Waals surface area (Å²) in [6.45, 7) is 0. The molecule has 0 spiro atoms. The Balaban J connectivity index is 2.22. The summed E-state index contributed by atoms with van der Waals surface area (Å²) in [4.78, 5) is 0. The number of hydrogen-bond donors (Lipinski definition) is 4. The molecule has 74 valence electrons. The predicted molar refractivity (Wildman–Crippen MR) is 49.1 cm³/mol. The molecule has 0 saturated carbocycles. The van der Waals surface area contributed by atoms with E-state index in [1.807, 2.05) is 30.3 Å². The normalized spacial score (nSPS) is 16.4. The van der Waals surface area contributed by atoms with Gasteiger partial charge in [0.05, 0.1) is 0 Å². The molecular weight excluding hydrogens is 184 g/mol. The Morgan fingerprint density at radius 3 is 2.57 bits per heavy atom. The first-order valence-electron chi connectivity index (χ1n) is 4.13. The number of rotatable bonds is 2. The lowest BCUT2D eigenvalue weighted by atomic mass is 10.3. The zero-order valence-corrected chi connectivity index (χ0v) is 7.33. The molecule has 1 aliphatic heterocycles. The minimum Gasteiger partial charge on any atom is -0.352 e. The number of aliphatic hydroxyl groups excluding tert-OH is 1. The lowest BCUT2D eigenvalue weighted by Crippen LogP contribution is -2.82. The third-order valence-corrected chi connectivity index (χ3v) is 1.82. The van der Waals surface area contributed by atoms with Crippen LogP contribution < -0.4 is 15.6 Å². The number of aliphatic hydroxyl groups is 2. The van der Waals surface area contributed by atoms with E-state index in [0.29, 0.717) is 0 Å². The number of nitrogens with zero attached hydrogens (tertiary/aromatic N) is 2. The second-order valence-electron chi connectivity index (χ2n) is 2.74. The highest BCUT2D eigenvalue weighted by molar-refractivity contribution is 5.51. The van der Waals surface area contributed by atoms with Gasteiger partial charge in [0, 0.05) is 5.12 Å². The topological polar surface area (TPSA) is 72.9 Å². The fourth-order valence-corrected chi connectivity index (χ4v) is 1.21. The second-order valence-corrected chi connectivity index (χ2v) is 2.74. The SMILES string of the molecule is OC(O)N1NC=[NH+]N1c1ccccc1. The van der Waals surface area contributed by atoms with E-state index in [2.05, 4.69) is 10.5 Å². The molecule has 1 aliphatic rings. The molecule has 6 nitrogen and oxygen atoms in total. The fourth-order valence-electron chi connectivity index (χ4n) is 1.21. The summed E-state index contributed by atoms with van der Waals surface area (Å²) in [5.41, 5.74) is 3.42. The molecule has 1 aromatic rings. The minimum absolute atomic E-state index is 0.793. The molecule has 0 aliphatic carbocycles. The van der Waals surface area contributed by atoms with Crippen molar-refractivity contribution < 1.29 is 15.3 Å². The summed E-state index contributed by atoms with van der Waals surface area (Å²) in [7, 11) is 0. The Hall–Kier alpha value is -1.63. The van der Waals surface area contributed by atoms with Crippen LogP contribution in [0.15, 0.2) is 30.3 Å². The molecule has 0 amide bonds. The summed E-state index contributed by atoms with van der Waals surface area (Å²) in [6.07, 6.45) is -0.117. The number of hydrogen-bond acceptors (Lipinski definition) is 5. The highest BCUT2D eigenvalue weighted by Gasteiger charge is 2.29. The summed E-state index contributed by atoms with van der Waals surface area (Å²) in [5.74, 6) is 0. The van der Waals surface area contributed by atoms with E-state index in [0.717, 1.165) is 10.8 Å². The quantitative estimate of drug-likeness (QED) is 0.393. The van der Waals surface area contributed by atoms with Crippen molar-refractivity contribution in [1.82, 2.24) is 10.5 Å². The van der Waals surface area contributed by atoms with Gasteiger partial charge in [-0.05, 0) is 12.1 Å². The fraction of sp³-hybridized carbons (Fsp3) is 0.125. The molecule has 0 radical (unpaired) electrons. The first kappa shape index (κ1) is 8.95. The number of nitrogens with one attached hydrogen (secondary N) is 2. The van der Waals surface area contributed by atoms with Crippen LogP contribution in [-0.2, 0) is 0 Å². The molecule has 14 heavy (non-hydrogen) atoms. The zero-order chi connectivity index (χ0) is 9.97. The van der Waals surface area contributed by atoms with Crippen molar-refractivity contribution in [2.45, 2.75) is 6.41 Å². The van der Waals surface area contributed by atoms with Gasteiger partial charge in [0.2, 0.25) is 0 Å². The van der Waals surface area contributed by atoms with Crippen molar-refractivity contribution in [2.24, 2.45) is 0 Å². The van der Waals surface area contributed by atoms with Gasteiger partial charge < -0.3 is 10.2 Å². The highest BCUT2D eigenvalue weighted by atomic mass is 16.5. The summed E-state index contributed by atoms with van der Waals surface area (Å²) in [6, 6.07) is 9.28. The first-order valence-corrected chi connectivity index (χ1v) is 4.13. The van der Waals surface area contributed by atoms with Gasteiger partial charge in [-0.1, -0.05) is 18.2 Å². The van der Waals surface area contributed by atoms with E-state index in [9.17, 15) is 0 Å². The molecule has 0 aromatic heterocycles. The van der Waals surface area contributed by atoms with E-state index in [1.54, 1.807) is 0 Å². The Labute approximate surface area is 80.6 Å². The third kappa shape index (κ3) is 1.53. The molecule has 4 N–H and O–H groups in total. The largest absolute Gasteiger partial charge is 0.352 e. The number of hydrazone groups is 1. The van der Waals surface area contributed by atoms with Crippen LogP contribution in [0.2, 0.25) is 0 Å². The number of hydrazine groups is 3. The van der Waals surface area contributed by atoms with Crippen molar-refractivity contribution in [3.8, 4) is 0 Å². The molecular formula is C8H11N4O2+. The average Bonchev–Trinajstić information content (AvgIpc) is 2.67. The Bertz CT molecular complexity index is 327. The maximum absolute atomic E-state index is 9.00. The van der Waals surface area contributed by atoms with Crippen LogP contribution in [0.5, 0.6) is 0 Å². The van der Waals surface area contributed by atoms with Gasteiger partial charge in [-0.2, -0.15) is 10.5 Å². The molecule has 0 bridgehead atoms. The van der Waals surface area contributed by atoms with Gasteiger partial charge in [-0.25, -0.2) is 0 Å². The van der Waals surface area contributed by atoms with Gasteiger partial charge in [0.1, 0.15) is 5.69 Å². The van der Waals surface area contributed by atoms with Gasteiger partial charge in [0.25, 0.3) is 12.8 Å². The van der Waals surface area contributed by atoms with Crippen molar-refractivity contribution >= 4 is 12.0 Å². The summed E-state index contributed by atoms with van der Waals surface area (Å²) < 4.78 is 0. The molecule has 0 unspecified atom stereocenters. The van der Waals surface area contributed by atoms with Crippen LogP contribution in [0.3, 0.4) is 0 Å². The lowest BCUT2D eigenvalue weighted by Gasteiger charge is -2.21. The number of benzene rings is 1. The van der Waals surface area contributed by atoms with Crippen molar-refractivity contribution in [3.05, 3.63) is 30.3 Å². The third-order valence-electron chi connectivity index (χ3n) is 1.82. The molecule has 2 rings (SSSR count). The highest BCUT2D eigenvalue weighted by Crippen LogP contribution is 2.10. The second kappa shape index (κ2) is 3.62. The monoisotopic (exact) mass is 195 g/mol. The predicted octanol–water partition coefficient (Wildman–Crippen LogP) is -2.48. The Kier molecular flexibility index (Phi) is 2.32. The molecule has 0 saturated heterocycles. The van der Waals surface area contributed by atoms with E-state index >= 15 is 0 Å². The van der Waals surface area contributed by atoms with Crippen LogP contribution in [0.4, 0.5) is 5.69 Å². The Morgan fingerprint density at radius 1 is 1.21 bits per heavy atom. The van der Waals surface area contributed by atoms with Crippen LogP contribution in [0, 0.1) is 0 Å². The van der Waals surface area contributed by atoms with E-state index < -0.39 is 6.41 Å². The molecule has 1 aromatic carbocycles. The number of anilines is 1. The smallest absolute Gasteiger partial charge is 0.274 e. The average molecular weight is 195 g/mol. The van der Waals surface area contributed by atoms with Gasteiger partial charge in [0.15, 0.2) is 0 Å². The van der Waals surface area contributed by atoms with E-state index in [-0.39, 0.29) is 0 Å². The summed E-state index contributed by atoms with van der Waals surface area (Å²) in [5, 5.41) is 23.4. The first-order chi connectivity index (χ1) is 6.79. The Morgan fingerprint density at radius 2 is 1.93 bits per heavy atom. The van der Waals surface area contributed by atoms with Gasteiger partial charge in [-0.15, -0.1) is 5.12 Å². The molecule has 1 heterocycles. The van der Waals surface area contributed by atoms with E-state index in [1.165, 1.54) is 11.5 Å². The lowest BCUT2D eigenvalue weighted by molar-refractivity contribution is -0.495. The van der Waals surface area contributed by atoms with Crippen LogP contribution in [-0.4, -0.2) is 28.1 Å². The number of para-hydroxylation sites is 1. The van der Waals surface area contributed by atoms with Crippen LogP contribution in [0.1, 0.15) is 0 Å². The summed E-state index contributed by atoms with van der Waals surface area (Å²) >= 11 is 0. The maximum Gasteiger partial charge on any atom is 0.274 e. The molecule has 0 atom stereocenters. The van der Waals surface area contributed by atoms with Crippen LogP contribution >= 0.6 is 0 Å². The minimum atomic E-state index is -1.61. The van der Waals surface area contributed by atoms with Gasteiger partial charge >= 0.3 is 0 Å². The van der Waals surface area contributed by atoms with Crippen molar-refractivity contribution in [2.75, 3.05) is 5.12 Å². The maximum atomic E-state index is 9.00. The van der Waals surface area contributed by atoms with Crippen molar-refractivity contribution in [1.29, 1.82) is 0 Å². The molecule has 6 heteroatoms. The van der Waals surface area contributed by atoms with Crippen LogP contribution in [0.25, 0.3) is 0 Å². The van der Waals surface area contributed by atoms with Crippen molar-refractivity contribution in [3.63, 3.8) is 0 Å². The van der Waals surface area contributed by atoms with E-state index in [4.69, 9.17) is 10.2 Å². The van der Waals surface area contributed by atoms with Gasteiger partial charge in [-0.3, -0.25) is 0 Å². The molecule has 0 fully saturated rings. The zero-order valence-electron chi connectivity index (χ0n) is 7.33.